The van der Waals surface area contributed by atoms with Gasteiger partial charge in [0, 0.05) is 5.56 Å². The van der Waals surface area contributed by atoms with Gasteiger partial charge in [0.15, 0.2) is 0 Å². The molecule has 1 amide bonds. The monoisotopic (exact) mass is 452 g/mol. The Morgan fingerprint density at radius 1 is 0.969 bits per heavy atom. The van der Waals surface area contributed by atoms with Crippen molar-refractivity contribution in [1.82, 2.24) is 5.32 Å². The second-order valence-corrected chi connectivity index (χ2v) is 9.56. The first-order chi connectivity index (χ1) is 15.2. The van der Waals surface area contributed by atoms with Crippen LogP contribution < -0.4 is 14.4 Å². The Hall–Kier alpha value is -3.32. The van der Waals surface area contributed by atoms with Gasteiger partial charge in [-0.1, -0.05) is 42.5 Å². The number of methoxy groups -OCH3 is 1. The van der Waals surface area contributed by atoms with Gasteiger partial charge in [0.1, 0.15) is 12.3 Å². The van der Waals surface area contributed by atoms with Crippen molar-refractivity contribution < 1.29 is 17.9 Å². The summed E-state index contributed by atoms with van der Waals surface area (Å²) in [6.45, 7) is 5.28. The van der Waals surface area contributed by atoms with Crippen LogP contribution in [0.15, 0.2) is 77.7 Å². The molecule has 0 aliphatic heterocycles. The van der Waals surface area contributed by atoms with Crippen LogP contribution in [0, 0.1) is 13.8 Å². The van der Waals surface area contributed by atoms with Gasteiger partial charge in [-0.25, -0.2) is 8.42 Å². The quantitative estimate of drug-likeness (QED) is 0.550. The molecule has 0 spiro atoms. The van der Waals surface area contributed by atoms with Crippen molar-refractivity contribution in [3.05, 3.63) is 89.5 Å². The first-order valence-electron chi connectivity index (χ1n) is 10.3. The molecule has 0 saturated heterocycles. The van der Waals surface area contributed by atoms with Crippen LogP contribution in [0.2, 0.25) is 0 Å². The summed E-state index contributed by atoms with van der Waals surface area (Å²) in [5, 5.41) is 2.90. The van der Waals surface area contributed by atoms with Crippen molar-refractivity contribution in [2.45, 2.75) is 31.7 Å². The average molecular weight is 453 g/mol. The third kappa shape index (κ3) is 5.29. The molecule has 0 saturated carbocycles. The van der Waals surface area contributed by atoms with E-state index in [0.717, 1.165) is 21.0 Å². The summed E-state index contributed by atoms with van der Waals surface area (Å²) in [4.78, 5) is 13.1. The van der Waals surface area contributed by atoms with Gasteiger partial charge < -0.3 is 10.1 Å². The second-order valence-electron chi connectivity index (χ2n) is 7.70. The zero-order valence-electron chi connectivity index (χ0n) is 18.7. The molecule has 1 N–H and O–H groups in total. The zero-order valence-corrected chi connectivity index (χ0v) is 19.5. The topological polar surface area (TPSA) is 75.7 Å². The highest BCUT2D eigenvalue weighted by molar-refractivity contribution is 7.92. The van der Waals surface area contributed by atoms with Gasteiger partial charge in [0.2, 0.25) is 5.91 Å². The number of amides is 1. The Labute approximate surface area is 189 Å². The van der Waals surface area contributed by atoms with E-state index in [4.69, 9.17) is 4.74 Å². The lowest BCUT2D eigenvalue weighted by Gasteiger charge is -2.26. The predicted molar refractivity (Wildman–Crippen MR) is 126 cm³/mol. The van der Waals surface area contributed by atoms with E-state index < -0.39 is 15.9 Å². The van der Waals surface area contributed by atoms with E-state index in [9.17, 15) is 13.2 Å². The highest BCUT2D eigenvalue weighted by atomic mass is 32.2. The molecule has 32 heavy (non-hydrogen) atoms. The maximum Gasteiger partial charge on any atom is 0.264 e. The van der Waals surface area contributed by atoms with Crippen LogP contribution in [0.5, 0.6) is 5.75 Å². The van der Waals surface area contributed by atoms with Crippen LogP contribution in [0.25, 0.3) is 0 Å². The van der Waals surface area contributed by atoms with Gasteiger partial charge in [-0.15, -0.1) is 0 Å². The number of nitrogens with zero attached hydrogens (tertiary/aromatic N) is 1. The molecular weight excluding hydrogens is 424 g/mol. The van der Waals surface area contributed by atoms with Gasteiger partial charge in [0.25, 0.3) is 10.0 Å². The summed E-state index contributed by atoms with van der Waals surface area (Å²) >= 11 is 0. The zero-order chi connectivity index (χ0) is 23.3. The Kier molecular flexibility index (Phi) is 7.20. The van der Waals surface area contributed by atoms with Crippen molar-refractivity contribution in [2.75, 3.05) is 18.0 Å². The summed E-state index contributed by atoms with van der Waals surface area (Å²) in [6, 6.07) is 20.7. The Morgan fingerprint density at radius 3 is 2.19 bits per heavy atom. The fourth-order valence-electron chi connectivity index (χ4n) is 3.65. The maximum absolute atomic E-state index is 13.5. The van der Waals surface area contributed by atoms with Gasteiger partial charge in [-0.05, 0) is 62.2 Å². The molecular formula is C25H28N2O4S. The maximum atomic E-state index is 13.5. The minimum Gasteiger partial charge on any atom is -0.496 e. The lowest BCUT2D eigenvalue weighted by atomic mass is 10.1. The number of hydrogen-bond donors (Lipinski definition) is 1. The number of rotatable bonds is 8. The summed E-state index contributed by atoms with van der Waals surface area (Å²) in [6.07, 6.45) is 0. The molecule has 3 aromatic rings. The number of benzene rings is 3. The number of ether oxygens (including phenoxy) is 1. The Bertz CT molecular complexity index is 1170. The molecule has 0 aromatic heterocycles. The number of aryl methyl sites for hydroxylation is 2. The smallest absolute Gasteiger partial charge is 0.264 e. The van der Waals surface area contributed by atoms with E-state index in [1.165, 1.54) is 12.1 Å². The average Bonchev–Trinajstić information content (AvgIpc) is 2.77. The molecule has 6 nitrogen and oxygen atoms in total. The molecule has 7 heteroatoms. The van der Waals surface area contributed by atoms with E-state index in [-0.39, 0.29) is 17.5 Å². The first kappa shape index (κ1) is 23.3. The summed E-state index contributed by atoms with van der Waals surface area (Å²) in [5.41, 5.74) is 3.09. The molecule has 168 valence electrons. The number of anilines is 1. The molecule has 0 heterocycles. The second kappa shape index (κ2) is 9.87. The van der Waals surface area contributed by atoms with Gasteiger partial charge in [-0.3, -0.25) is 9.10 Å². The van der Waals surface area contributed by atoms with Crippen molar-refractivity contribution in [3.63, 3.8) is 0 Å². The number of nitrogens with one attached hydrogen (secondary N) is 1. The van der Waals surface area contributed by atoms with Crippen molar-refractivity contribution >= 4 is 21.6 Å². The highest BCUT2D eigenvalue weighted by Crippen LogP contribution is 2.27. The largest absolute Gasteiger partial charge is 0.496 e. The van der Waals surface area contributed by atoms with Crippen molar-refractivity contribution in [2.24, 2.45) is 0 Å². The third-order valence-electron chi connectivity index (χ3n) is 5.10. The Balaban J connectivity index is 1.93. The van der Waals surface area contributed by atoms with Crippen LogP contribution in [-0.2, 0) is 14.8 Å². The molecule has 3 aromatic carbocycles. The number of para-hydroxylation sites is 1. The first-order valence-corrected chi connectivity index (χ1v) is 11.7. The van der Waals surface area contributed by atoms with Crippen molar-refractivity contribution in [3.8, 4) is 5.75 Å². The standard InChI is InChI=1S/C25H28N2O4S/c1-18-14-19(2)16-21(15-18)27(32(29,30)22-10-6-5-7-11-22)17-25(28)26-20(3)23-12-8-9-13-24(23)31-4/h5-16,20H,17H2,1-4H3,(H,26,28). The van der Waals surface area contributed by atoms with E-state index in [0.29, 0.717) is 11.4 Å². The van der Waals surface area contributed by atoms with Gasteiger partial charge in [0.05, 0.1) is 23.7 Å². The van der Waals surface area contributed by atoms with Crippen LogP contribution in [0.4, 0.5) is 5.69 Å². The van der Waals surface area contributed by atoms with E-state index >= 15 is 0 Å². The van der Waals surface area contributed by atoms with E-state index in [2.05, 4.69) is 5.32 Å². The molecule has 0 aliphatic rings. The fraction of sp³-hybridized carbons (Fsp3) is 0.240. The third-order valence-corrected chi connectivity index (χ3v) is 6.88. The van der Waals surface area contributed by atoms with Crippen molar-refractivity contribution in [1.29, 1.82) is 0 Å². The van der Waals surface area contributed by atoms with Crippen LogP contribution in [0.1, 0.15) is 29.7 Å². The van der Waals surface area contributed by atoms with Crippen LogP contribution >= 0.6 is 0 Å². The van der Waals surface area contributed by atoms with Gasteiger partial charge >= 0.3 is 0 Å². The van der Waals surface area contributed by atoms with Crippen LogP contribution in [-0.4, -0.2) is 28.0 Å². The predicted octanol–water partition coefficient (Wildman–Crippen LogP) is 4.38. The molecule has 0 radical (unpaired) electrons. The molecule has 0 fully saturated rings. The summed E-state index contributed by atoms with van der Waals surface area (Å²) in [5.74, 6) is 0.241. The number of carbonyl (C=O) groups excluding carboxylic acids is 1. The molecule has 0 bridgehead atoms. The lowest BCUT2D eigenvalue weighted by molar-refractivity contribution is -0.120. The fourth-order valence-corrected chi connectivity index (χ4v) is 5.07. The summed E-state index contributed by atoms with van der Waals surface area (Å²) in [7, 11) is -2.38. The lowest BCUT2D eigenvalue weighted by Crippen LogP contribution is -2.41. The minimum absolute atomic E-state index is 0.129. The molecule has 1 atom stereocenters. The van der Waals surface area contributed by atoms with Crippen LogP contribution in [0.3, 0.4) is 0 Å². The van der Waals surface area contributed by atoms with E-state index in [1.54, 1.807) is 37.4 Å². The molecule has 0 aliphatic carbocycles. The van der Waals surface area contributed by atoms with E-state index in [1.807, 2.05) is 51.1 Å². The number of hydrogen-bond acceptors (Lipinski definition) is 4. The number of carbonyl (C=O) groups is 1. The normalized spacial score (nSPS) is 12.1. The molecule has 1 unspecified atom stereocenters. The molecule has 3 rings (SSSR count). The minimum atomic E-state index is -3.95. The number of sulfonamides is 1. The Morgan fingerprint density at radius 2 is 1.56 bits per heavy atom. The van der Waals surface area contributed by atoms with Gasteiger partial charge in [-0.2, -0.15) is 0 Å². The highest BCUT2D eigenvalue weighted by Gasteiger charge is 2.28. The SMILES string of the molecule is COc1ccccc1C(C)NC(=O)CN(c1cc(C)cc(C)c1)S(=O)(=O)c1ccccc1. The summed E-state index contributed by atoms with van der Waals surface area (Å²) < 4.78 is 33.5.